The third-order valence-electron chi connectivity index (χ3n) is 4.50. The van der Waals surface area contributed by atoms with Gasteiger partial charge in [0.1, 0.15) is 0 Å². The molecule has 2 aromatic rings. The minimum atomic E-state index is -0.139. The van der Waals surface area contributed by atoms with Gasteiger partial charge in [-0.3, -0.25) is 9.20 Å². The van der Waals surface area contributed by atoms with Gasteiger partial charge in [-0.1, -0.05) is 37.6 Å². The molecule has 1 amide bonds. The summed E-state index contributed by atoms with van der Waals surface area (Å²) in [5.41, 5.74) is 1.05. The summed E-state index contributed by atoms with van der Waals surface area (Å²) >= 11 is 1.52. The summed E-state index contributed by atoms with van der Waals surface area (Å²) < 4.78 is 2.03. The minimum Gasteiger partial charge on any atom is -0.352 e. The van der Waals surface area contributed by atoms with Crippen LogP contribution in [0, 0.1) is 5.92 Å². The third kappa shape index (κ3) is 3.29. The minimum absolute atomic E-state index is 0.122. The number of carbonyl (C=O) groups excluding carboxylic acids is 1. The van der Waals surface area contributed by atoms with Gasteiger partial charge >= 0.3 is 0 Å². The number of hydrogen-bond acceptors (Lipinski definition) is 3. The lowest BCUT2D eigenvalue weighted by Crippen LogP contribution is -2.44. The molecule has 4 nitrogen and oxygen atoms in total. The second-order valence-electron chi connectivity index (χ2n) is 6.17. The van der Waals surface area contributed by atoms with Gasteiger partial charge in [-0.05, 0) is 37.8 Å². The maximum atomic E-state index is 12.5. The summed E-state index contributed by atoms with van der Waals surface area (Å²) in [4.78, 5) is 16.9. The highest BCUT2D eigenvalue weighted by molar-refractivity contribution is 8.00. The standard InChI is InChI=1S/C17H23N3OS/c1-12-7-3-4-9-15(12)19-16(21)13(2)22-17-18-11-14-8-5-6-10-20(14)17/h5-6,8,10-13,15H,3-4,7,9H2,1-2H3,(H,19,21). The van der Waals surface area contributed by atoms with Crippen molar-refractivity contribution < 1.29 is 4.79 Å². The molecule has 118 valence electrons. The van der Waals surface area contributed by atoms with E-state index in [1.807, 2.05) is 41.9 Å². The van der Waals surface area contributed by atoms with E-state index in [4.69, 9.17) is 0 Å². The van der Waals surface area contributed by atoms with Gasteiger partial charge in [0.15, 0.2) is 5.16 Å². The van der Waals surface area contributed by atoms with Crippen LogP contribution in [0.15, 0.2) is 35.7 Å². The first-order valence-electron chi connectivity index (χ1n) is 8.04. The Labute approximate surface area is 135 Å². The fourth-order valence-corrected chi connectivity index (χ4v) is 3.93. The Kier molecular flexibility index (Phi) is 4.71. The lowest BCUT2D eigenvalue weighted by atomic mass is 9.86. The zero-order chi connectivity index (χ0) is 15.5. The molecule has 0 radical (unpaired) electrons. The Morgan fingerprint density at radius 1 is 1.41 bits per heavy atom. The first-order chi connectivity index (χ1) is 10.6. The highest BCUT2D eigenvalue weighted by atomic mass is 32.2. The van der Waals surface area contributed by atoms with Crippen molar-refractivity contribution in [2.45, 2.75) is 56.0 Å². The van der Waals surface area contributed by atoms with Gasteiger partial charge in [0.05, 0.1) is 17.0 Å². The molecule has 1 N–H and O–H groups in total. The molecule has 0 bridgehead atoms. The molecule has 3 rings (SSSR count). The number of carbonyl (C=O) groups is 1. The topological polar surface area (TPSA) is 46.4 Å². The maximum absolute atomic E-state index is 12.5. The molecule has 3 unspecified atom stereocenters. The molecule has 0 aromatic carbocycles. The van der Waals surface area contributed by atoms with Crippen LogP contribution in [0.1, 0.15) is 39.5 Å². The van der Waals surface area contributed by atoms with Crippen molar-refractivity contribution in [3.05, 3.63) is 30.6 Å². The van der Waals surface area contributed by atoms with Crippen LogP contribution in [0.4, 0.5) is 0 Å². The second kappa shape index (κ2) is 6.73. The fourth-order valence-electron chi connectivity index (χ4n) is 3.05. The molecule has 0 spiro atoms. The van der Waals surface area contributed by atoms with E-state index in [0.717, 1.165) is 17.1 Å². The lowest BCUT2D eigenvalue weighted by molar-refractivity contribution is -0.121. The van der Waals surface area contributed by atoms with Crippen molar-refractivity contribution in [1.82, 2.24) is 14.7 Å². The Bertz CT molecular complexity index is 654. The normalized spacial score (nSPS) is 23.4. The van der Waals surface area contributed by atoms with Crippen molar-refractivity contribution in [3.63, 3.8) is 0 Å². The Morgan fingerprint density at radius 3 is 3.05 bits per heavy atom. The van der Waals surface area contributed by atoms with E-state index in [9.17, 15) is 4.79 Å². The van der Waals surface area contributed by atoms with E-state index in [0.29, 0.717) is 12.0 Å². The van der Waals surface area contributed by atoms with Crippen LogP contribution in [-0.2, 0) is 4.79 Å². The molecular weight excluding hydrogens is 294 g/mol. The third-order valence-corrected chi connectivity index (χ3v) is 5.58. The van der Waals surface area contributed by atoms with E-state index >= 15 is 0 Å². The molecule has 5 heteroatoms. The summed E-state index contributed by atoms with van der Waals surface area (Å²) in [7, 11) is 0. The first kappa shape index (κ1) is 15.4. The molecule has 1 aliphatic carbocycles. The van der Waals surface area contributed by atoms with Crippen molar-refractivity contribution in [2.75, 3.05) is 0 Å². The van der Waals surface area contributed by atoms with E-state index in [1.54, 1.807) is 0 Å². The van der Waals surface area contributed by atoms with E-state index < -0.39 is 0 Å². The van der Waals surface area contributed by atoms with Crippen molar-refractivity contribution in [3.8, 4) is 0 Å². The smallest absolute Gasteiger partial charge is 0.233 e. The van der Waals surface area contributed by atoms with Gasteiger partial charge in [-0.25, -0.2) is 4.98 Å². The molecule has 2 aromatic heterocycles. The number of pyridine rings is 1. The van der Waals surface area contributed by atoms with Crippen LogP contribution >= 0.6 is 11.8 Å². The van der Waals surface area contributed by atoms with Gasteiger partial charge in [0.25, 0.3) is 0 Å². The van der Waals surface area contributed by atoms with Gasteiger partial charge < -0.3 is 5.32 Å². The van der Waals surface area contributed by atoms with Gasteiger partial charge in [0, 0.05) is 12.2 Å². The Balaban J connectivity index is 1.63. The van der Waals surface area contributed by atoms with E-state index in [2.05, 4.69) is 17.2 Å². The average Bonchev–Trinajstić information content (AvgIpc) is 2.93. The van der Waals surface area contributed by atoms with Crippen LogP contribution in [0.3, 0.4) is 0 Å². The number of hydrogen-bond donors (Lipinski definition) is 1. The largest absolute Gasteiger partial charge is 0.352 e. The predicted octanol–water partition coefficient (Wildman–Crippen LogP) is 3.51. The summed E-state index contributed by atoms with van der Waals surface area (Å²) in [6, 6.07) is 6.33. The average molecular weight is 317 g/mol. The van der Waals surface area contributed by atoms with Crippen LogP contribution in [-0.4, -0.2) is 26.6 Å². The van der Waals surface area contributed by atoms with Crippen LogP contribution < -0.4 is 5.32 Å². The summed E-state index contributed by atoms with van der Waals surface area (Å²) in [6.07, 6.45) is 8.67. The molecule has 2 heterocycles. The zero-order valence-electron chi connectivity index (χ0n) is 13.2. The van der Waals surface area contributed by atoms with Gasteiger partial charge in [-0.2, -0.15) is 0 Å². The number of fused-ring (bicyclic) bond motifs is 1. The van der Waals surface area contributed by atoms with Crippen LogP contribution in [0.25, 0.3) is 5.52 Å². The molecule has 0 aliphatic heterocycles. The first-order valence-corrected chi connectivity index (χ1v) is 8.92. The number of thioether (sulfide) groups is 1. The van der Waals surface area contributed by atoms with Gasteiger partial charge in [0.2, 0.25) is 5.91 Å². The van der Waals surface area contributed by atoms with Crippen LogP contribution in [0.2, 0.25) is 0 Å². The molecule has 1 fully saturated rings. The number of aromatic nitrogens is 2. The monoisotopic (exact) mass is 317 g/mol. The predicted molar refractivity (Wildman–Crippen MR) is 90.1 cm³/mol. The highest BCUT2D eigenvalue weighted by Crippen LogP contribution is 2.26. The maximum Gasteiger partial charge on any atom is 0.233 e. The Hall–Kier alpha value is -1.49. The van der Waals surface area contributed by atoms with Crippen molar-refractivity contribution in [1.29, 1.82) is 0 Å². The van der Waals surface area contributed by atoms with Crippen molar-refractivity contribution in [2.24, 2.45) is 5.92 Å². The highest BCUT2D eigenvalue weighted by Gasteiger charge is 2.25. The SMILES string of the molecule is CC(Sc1ncc2ccccn12)C(=O)NC1CCCCC1C. The number of amides is 1. The number of rotatable bonds is 4. The van der Waals surface area contributed by atoms with E-state index in [-0.39, 0.29) is 11.2 Å². The lowest BCUT2D eigenvalue weighted by Gasteiger charge is -2.30. The zero-order valence-corrected chi connectivity index (χ0v) is 14.0. The van der Waals surface area contributed by atoms with Crippen molar-refractivity contribution >= 4 is 23.2 Å². The molecule has 0 saturated heterocycles. The molecule has 3 atom stereocenters. The summed E-state index contributed by atoms with van der Waals surface area (Å²) in [5.74, 6) is 0.707. The molecule has 1 saturated carbocycles. The summed E-state index contributed by atoms with van der Waals surface area (Å²) in [5, 5.41) is 3.96. The number of nitrogens with zero attached hydrogens (tertiary/aromatic N) is 2. The second-order valence-corrected chi connectivity index (χ2v) is 7.48. The molecular formula is C17H23N3OS. The quantitative estimate of drug-likeness (QED) is 0.878. The molecule has 1 aliphatic rings. The van der Waals surface area contributed by atoms with Gasteiger partial charge in [-0.15, -0.1) is 0 Å². The number of imidazole rings is 1. The van der Waals surface area contributed by atoms with E-state index in [1.165, 1.54) is 31.0 Å². The van der Waals surface area contributed by atoms with Crippen LogP contribution in [0.5, 0.6) is 0 Å². The summed E-state index contributed by atoms with van der Waals surface area (Å²) in [6.45, 7) is 4.20. The Morgan fingerprint density at radius 2 is 2.23 bits per heavy atom. The fraction of sp³-hybridized carbons (Fsp3) is 0.529. The number of nitrogens with one attached hydrogen (secondary N) is 1. The molecule has 22 heavy (non-hydrogen) atoms.